The zero-order valence-electron chi connectivity index (χ0n) is 16.9. The maximum absolute atomic E-state index is 5.67. The fourth-order valence-corrected chi connectivity index (χ4v) is 2.92. The molecule has 2 N–H and O–H groups in total. The van der Waals surface area contributed by atoms with E-state index >= 15 is 0 Å². The molecule has 0 radical (unpaired) electrons. The summed E-state index contributed by atoms with van der Waals surface area (Å²) in [5, 5.41) is 10.8. The van der Waals surface area contributed by atoms with Crippen molar-refractivity contribution in [3.63, 3.8) is 0 Å². The minimum absolute atomic E-state index is 0.458. The van der Waals surface area contributed by atoms with Crippen molar-refractivity contribution in [1.29, 1.82) is 0 Å². The lowest BCUT2D eigenvalue weighted by Gasteiger charge is -2.11. The predicted molar refractivity (Wildman–Crippen MR) is 109 cm³/mol. The van der Waals surface area contributed by atoms with Gasteiger partial charge in [0.05, 0.1) is 25.4 Å². The van der Waals surface area contributed by atoms with Gasteiger partial charge < -0.3 is 19.9 Å². The molecule has 0 saturated carbocycles. The van der Waals surface area contributed by atoms with E-state index < -0.39 is 0 Å². The lowest BCUT2D eigenvalue weighted by Crippen LogP contribution is -2.36. The van der Waals surface area contributed by atoms with Gasteiger partial charge in [0, 0.05) is 24.1 Å². The molecule has 1 aromatic heterocycles. The second kappa shape index (κ2) is 11.3. The summed E-state index contributed by atoms with van der Waals surface area (Å²) >= 11 is 0. The Morgan fingerprint density at radius 2 is 1.93 bits per heavy atom. The Morgan fingerprint density at radius 3 is 2.63 bits per heavy atom. The van der Waals surface area contributed by atoms with Crippen LogP contribution in [-0.4, -0.2) is 24.3 Å². The van der Waals surface area contributed by atoms with E-state index in [0.717, 1.165) is 48.1 Å². The number of aliphatic imine (C=N–C) groups is 1. The Balaban J connectivity index is 2.00. The summed E-state index contributed by atoms with van der Waals surface area (Å²) in [6, 6.07) is 10.0. The summed E-state index contributed by atoms with van der Waals surface area (Å²) in [6.07, 6.45) is 2.14. The Hall–Kier alpha value is -2.50. The summed E-state index contributed by atoms with van der Waals surface area (Å²) < 4.78 is 11.1. The number of benzene rings is 1. The summed E-state index contributed by atoms with van der Waals surface area (Å²) in [6.45, 7) is 10.9. The van der Waals surface area contributed by atoms with Crippen LogP contribution in [0.15, 0.2) is 39.8 Å². The first-order valence-electron chi connectivity index (χ1n) is 9.90. The Labute approximate surface area is 162 Å². The largest absolute Gasteiger partial charge is 0.494 e. The first kappa shape index (κ1) is 20.8. The van der Waals surface area contributed by atoms with E-state index in [1.165, 1.54) is 0 Å². The number of guanidine groups is 1. The highest BCUT2D eigenvalue weighted by Crippen LogP contribution is 2.22. The van der Waals surface area contributed by atoms with Crippen molar-refractivity contribution >= 4 is 5.96 Å². The second-order valence-electron chi connectivity index (χ2n) is 6.32. The topological polar surface area (TPSA) is 71.7 Å². The summed E-state index contributed by atoms with van der Waals surface area (Å²) in [4.78, 5) is 4.67. The van der Waals surface area contributed by atoms with Crippen LogP contribution in [0.2, 0.25) is 0 Å². The lowest BCUT2D eigenvalue weighted by molar-refractivity contribution is 0.336. The Kier molecular flexibility index (Phi) is 8.68. The predicted octanol–water partition coefficient (Wildman–Crippen LogP) is 4.23. The van der Waals surface area contributed by atoms with Gasteiger partial charge in [0.25, 0.3) is 0 Å². The fourth-order valence-electron chi connectivity index (χ4n) is 2.92. The zero-order valence-corrected chi connectivity index (χ0v) is 16.9. The molecule has 0 aliphatic carbocycles. The van der Waals surface area contributed by atoms with Crippen LogP contribution < -0.4 is 15.4 Å². The third-order valence-corrected chi connectivity index (χ3v) is 4.44. The quantitative estimate of drug-likeness (QED) is 0.482. The van der Waals surface area contributed by atoms with Crippen molar-refractivity contribution in [3.8, 4) is 5.75 Å². The van der Waals surface area contributed by atoms with Crippen molar-refractivity contribution < 1.29 is 9.26 Å². The second-order valence-corrected chi connectivity index (χ2v) is 6.32. The van der Waals surface area contributed by atoms with Crippen molar-refractivity contribution in [2.24, 2.45) is 4.99 Å². The molecule has 6 heteroatoms. The molecule has 0 fully saturated rings. The van der Waals surface area contributed by atoms with Crippen molar-refractivity contribution in [3.05, 3.63) is 47.3 Å². The summed E-state index contributed by atoms with van der Waals surface area (Å²) in [7, 11) is 0. The number of aromatic nitrogens is 1. The number of nitrogens with one attached hydrogen (secondary N) is 2. The van der Waals surface area contributed by atoms with Gasteiger partial charge in [-0.3, -0.25) is 0 Å². The SMILES string of the molecule is CCNC(=NCc1ccccc1OCC)NCc1cc(C(CC)CC)no1. The number of hydrogen-bond donors (Lipinski definition) is 2. The highest BCUT2D eigenvalue weighted by Gasteiger charge is 2.13. The molecule has 0 spiro atoms. The van der Waals surface area contributed by atoms with Crippen LogP contribution >= 0.6 is 0 Å². The van der Waals surface area contributed by atoms with Gasteiger partial charge in [0.1, 0.15) is 5.75 Å². The zero-order chi connectivity index (χ0) is 19.5. The van der Waals surface area contributed by atoms with Crippen molar-refractivity contribution in [1.82, 2.24) is 15.8 Å². The van der Waals surface area contributed by atoms with Crippen molar-refractivity contribution in [2.45, 2.75) is 59.5 Å². The third kappa shape index (κ3) is 6.31. The molecule has 2 aromatic rings. The maximum atomic E-state index is 5.67. The first-order valence-corrected chi connectivity index (χ1v) is 9.90. The van der Waals surface area contributed by atoms with E-state index in [2.05, 4.69) is 34.6 Å². The van der Waals surface area contributed by atoms with Gasteiger partial charge in [-0.05, 0) is 32.8 Å². The molecule has 1 aromatic carbocycles. The minimum atomic E-state index is 0.458. The van der Waals surface area contributed by atoms with Crippen LogP contribution in [0.4, 0.5) is 0 Å². The number of rotatable bonds is 10. The molecular formula is C21H32N4O2. The molecule has 0 bridgehead atoms. The molecule has 0 aliphatic rings. The van der Waals surface area contributed by atoms with Gasteiger partial charge in [0.15, 0.2) is 11.7 Å². The number of nitrogens with zero attached hydrogens (tertiary/aromatic N) is 2. The average molecular weight is 373 g/mol. The van der Waals surface area contributed by atoms with Gasteiger partial charge in [-0.25, -0.2) is 4.99 Å². The molecule has 0 aliphatic heterocycles. The smallest absolute Gasteiger partial charge is 0.191 e. The van der Waals surface area contributed by atoms with Gasteiger partial charge >= 0.3 is 0 Å². The Morgan fingerprint density at radius 1 is 1.15 bits per heavy atom. The minimum Gasteiger partial charge on any atom is -0.494 e. The highest BCUT2D eigenvalue weighted by atomic mass is 16.5. The van der Waals surface area contributed by atoms with Gasteiger partial charge in [-0.1, -0.05) is 37.2 Å². The molecule has 6 nitrogen and oxygen atoms in total. The summed E-state index contributed by atoms with van der Waals surface area (Å²) in [5.41, 5.74) is 2.09. The first-order chi connectivity index (χ1) is 13.2. The van der Waals surface area contributed by atoms with E-state index in [4.69, 9.17) is 9.26 Å². The molecule has 2 rings (SSSR count). The maximum Gasteiger partial charge on any atom is 0.191 e. The highest BCUT2D eigenvalue weighted by molar-refractivity contribution is 5.79. The molecule has 1 heterocycles. The van der Waals surface area contributed by atoms with Crippen LogP contribution in [0.5, 0.6) is 5.75 Å². The normalized spacial score (nSPS) is 11.7. The number of para-hydroxylation sites is 1. The fraction of sp³-hybridized carbons (Fsp3) is 0.524. The molecule has 0 saturated heterocycles. The van der Waals surface area contributed by atoms with Gasteiger partial charge in [-0.2, -0.15) is 0 Å². The van der Waals surface area contributed by atoms with E-state index in [1.807, 2.05) is 44.2 Å². The van der Waals surface area contributed by atoms with E-state index in [1.54, 1.807) is 0 Å². The molecule has 0 amide bonds. The third-order valence-electron chi connectivity index (χ3n) is 4.44. The van der Waals surface area contributed by atoms with Crippen LogP contribution in [0.25, 0.3) is 0 Å². The van der Waals surface area contributed by atoms with Crippen LogP contribution in [0.1, 0.15) is 63.5 Å². The van der Waals surface area contributed by atoms with E-state index in [0.29, 0.717) is 25.6 Å². The molecule has 0 atom stereocenters. The molecule has 148 valence electrons. The lowest BCUT2D eigenvalue weighted by atomic mass is 9.99. The standard InChI is InChI=1S/C21H32N4O2/c1-5-16(6-2)19-13-18(27-25-19)15-24-21(22-7-3)23-14-17-11-9-10-12-20(17)26-8-4/h9-13,16H,5-8,14-15H2,1-4H3,(H2,22,23,24). The van der Waals surface area contributed by atoms with Crippen LogP contribution in [0, 0.1) is 0 Å². The van der Waals surface area contributed by atoms with Crippen LogP contribution in [0.3, 0.4) is 0 Å². The number of ether oxygens (including phenoxy) is 1. The van der Waals surface area contributed by atoms with Gasteiger partial charge in [-0.15, -0.1) is 0 Å². The van der Waals surface area contributed by atoms with E-state index in [-0.39, 0.29) is 0 Å². The van der Waals surface area contributed by atoms with E-state index in [9.17, 15) is 0 Å². The summed E-state index contributed by atoms with van der Waals surface area (Å²) in [5.74, 6) is 2.89. The molecule has 27 heavy (non-hydrogen) atoms. The Bertz CT molecular complexity index is 708. The molecule has 0 unspecified atom stereocenters. The van der Waals surface area contributed by atoms with Gasteiger partial charge in [0.2, 0.25) is 0 Å². The number of hydrogen-bond acceptors (Lipinski definition) is 4. The molecular weight excluding hydrogens is 340 g/mol. The van der Waals surface area contributed by atoms with Crippen LogP contribution in [-0.2, 0) is 13.1 Å². The monoisotopic (exact) mass is 372 g/mol. The van der Waals surface area contributed by atoms with Crippen molar-refractivity contribution in [2.75, 3.05) is 13.2 Å². The average Bonchev–Trinajstić information content (AvgIpc) is 3.15.